The molecule has 0 aromatic carbocycles. The highest BCUT2D eigenvalue weighted by Crippen LogP contribution is 2.23. The zero-order chi connectivity index (χ0) is 11.4. The van der Waals surface area contributed by atoms with Crippen LogP contribution in [0.15, 0.2) is 4.52 Å². The maximum Gasteiger partial charge on any atom is 0.318 e. The van der Waals surface area contributed by atoms with Gasteiger partial charge < -0.3 is 9.26 Å². The van der Waals surface area contributed by atoms with Crippen molar-refractivity contribution in [1.29, 1.82) is 0 Å². The van der Waals surface area contributed by atoms with E-state index in [9.17, 15) is 4.79 Å². The van der Waals surface area contributed by atoms with Crippen LogP contribution in [0, 0.1) is 13.8 Å². The van der Waals surface area contributed by atoms with Gasteiger partial charge in [0.2, 0.25) is 0 Å². The zero-order valence-electron chi connectivity index (χ0n) is 9.36. The highest BCUT2D eigenvalue weighted by Gasteiger charge is 2.16. The second-order valence-corrected chi connectivity index (χ2v) is 4.61. The predicted molar refractivity (Wildman–Crippen MR) is 58.8 cm³/mol. The Morgan fingerprint density at radius 3 is 2.73 bits per heavy atom. The van der Waals surface area contributed by atoms with Crippen molar-refractivity contribution in [3.63, 3.8) is 0 Å². The summed E-state index contributed by atoms with van der Waals surface area (Å²) in [5, 5.41) is 3.69. The van der Waals surface area contributed by atoms with E-state index >= 15 is 0 Å². The van der Waals surface area contributed by atoms with E-state index in [4.69, 9.17) is 4.52 Å². The van der Waals surface area contributed by atoms with Crippen molar-refractivity contribution in [2.45, 2.75) is 31.8 Å². The normalized spacial score (nSPS) is 12.5. The molecule has 1 aromatic heterocycles. The molecule has 0 saturated heterocycles. The van der Waals surface area contributed by atoms with Crippen LogP contribution in [-0.4, -0.2) is 23.5 Å². The smallest absolute Gasteiger partial charge is 0.318 e. The maximum absolute atomic E-state index is 11.2. The van der Waals surface area contributed by atoms with Gasteiger partial charge in [-0.15, -0.1) is 11.8 Å². The molecule has 84 valence electrons. The van der Waals surface area contributed by atoms with Crippen molar-refractivity contribution in [3.8, 4) is 0 Å². The molecule has 0 bridgehead atoms. The summed E-state index contributed by atoms with van der Waals surface area (Å²) in [5.41, 5.74) is 1.95. The van der Waals surface area contributed by atoms with Crippen LogP contribution in [0.4, 0.5) is 0 Å². The molecule has 1 atom stereocenters. The van der Waals surface area contributed by atoms with Crippen molar-refractivity contribution in [2.75, 3.05) is 7.11 Å². The number of aryl methyl sites for hydroxylation is 2. The fourth-order valence-corrected chi connectivity index (χ4v) is 2.21. The summed E-state index contributed by atoms with van der Waals surface area (Å²) < 4.78 is 9.68. The van der Waals surface area contributed by atoms with E-state index in [1.807, 2.05) is 20.8 Å². The average Bonchev–Trinajstić information content (AvgIpc) is 2.54. The van der Waals surface area contributed by atoms with Crippen LogP contribution in [0.5, 0.6) is 0 Å². The molecule has 4 nitrogen and oxygen atoms in total. The molecule has 0 saturated carbocycles. The van der Waals surface area contributed by atoms with Gasteiger partial charge >= 0.3 is 5.97 Å². The number of hydrogen-bond acceptors (Lipinski definition) is 5. The topological polar surface area (TPSA) is 52.3 Å². The third-order valence-corrected chi connectivity index (χ3v) is 3.34. The standard InChI is InChI=1S/C10H15NO3S/c1-6-9(7(2)14-11-6)5-15-8(3)10(12)13-4/h8H,5H2,1-4H3. The summed E-state index contributed by atoms with van der Waals surface area (Å²) in [6.45, 7) is 5.60. The van der Waals surface area contributed by atoms with Gasteiger partial charge in [-0.3, -0.25) is 4.79 Å². The maximum atomic E-state index is 11.2. The Bertz CT molecular complexity index is 329. The van der Waals surface area contributed by atoms with E-state index < -0.39 is 0 Å². The molecule has 0 fully saturated rings. The summed E-state index contributed by atoms with van der Waals surface area (Å²) in [4.78, 5) is 11.2. The Balaban J connectivity index is 2.54. The van der Waals surface area contributed by atoms with Gasteiger partial charge in [-0.05, 0) is 20.8 Å². The van der Waals surface area contributed by atoms with Gasteiger partial charge in [0.25, 0.3) is 0 Å². The molecule has 1 heterocycles. The molecule has 15 heavy (non-hydrogen) atoms. The monoisotopic (exact) mass is 229 g/mol. The molecule has 0 spiro atoms. The van der Waals surface area contributed by atoms with Crippen molar-refractivity contribution in [2.24, 2.45) is 0 Å². The zero-order valence-corrected chi connectivity index (χ0v) is 10.2. The molecule has 0 amide bonds. The minimum absolute atomic E-state index is 0.163. The van der Waals surface area contributed by atoms with E-state index in [-0.39, 0.29) is 11.2 Å². The number of esters is 1. The number of thioether (sulfide) groups is 1. The van der Waals surface area contributed by atoms with Gasteiger partial charge in [-0.2, -0.15) is 0 Å². The van der Waals surface area contributed by atoms with Crippen molar-refractivity contribution >= 4 is 17.7 Å². The number of rotatable bonds is 4. The first-order valence-corrected chi connectivity index (χ1v) is 5.72. The second kappa shape index (κ2) is 5.21. The minimum Gasteiger partial charge on any atom is -0.468 e. The van der Waals surface area contributed by atoms with Crippen LogP contribution in [0.1, 0.15) is 23.9 Å². The highest BCUT2D eigenvalue weighted by molar-refractivity contribution is 7.99. The highest BCUT2D eigenvalue weighted by atomic mass is 32.2. The number of hydrogen-bond donors (Lipinski definition) is 0. The fourth-order valence-electron chi connectivity index (χ4n) is 1.15. The summed E-state index contributed by atoms with van der Waals surface area (Å²) in [6.07, 6.45) is 0. The largest absolute Gasteiger partial charge is 0.468 e. The minimum atomic E-state index is -0.202. The van der Waals surface area contributed by atoms with Gasteiger partial charge in [0.15, 0.2) is 0 Å². The summed E-state index contributed by atoms with van der Waals surface area (Å²) >= 11 is 1.52. The SMILES string of the molecule is COC(=O)C(C)SCc1c(C)noc1C. The summed E-state index contributed by atoms with van der Waals surface area (Å²) in [6, 6.07) is 0. The first kappa shape index (κ1) is 12.1. The molecule has 5 heteroatoms. The lowest BCUT2D eigenvalue weighted by Gasteiger charge is -2.07. The van der Waals surface area contributed by atoms with Crippen LogP contribution < -0.4 is 0 Å². The lowest BCUT2D eigenvalue weighted by Crippen LogP contribution is -2.14. The molecular weight excluding hydrogens is 214 g/mol. The molecular formula is C10H15NO3S. The van der Waals surface area contributed by atoms with E-state index in [2.05, 4.69) is 9.89 Å². The predicted octanol–water partition coefficient (Wildman–Crippen LogP) is 2.09. The Morgan fingerprint density at radius 1 is 1.60 bits per heavy atom. The fraction of sp³-hybridized carbons (Fsp3) is 0.600. The summed E-state index contributed by atoms with van der Waals surface area (Å²) in [7, 11) is 1.40. The number of carbonyl (C=O) groups is 1. The Kier molecular flexibility index (Phi) is 4.20. The molecule has 0 aliphatic carbocycles. The number of methoxy groups -OCH3 is 1. The quantitative estimate of drug-likeness (QED) is 0.740. The third-order valence-electron chi connectivity index (χ3n) is 2.19. The van der Waals surface area contributed by atoms with E-state index in [0.717, 1.165) is 22.8 Å². The number of ether oxygens (including phenoxy) is 1. The number of carbonyl (C=O) groups excluding carboxylic acids is 1. The number of aromatic nitrogens is 1. The van der Waals surface area contributed by atoms with Gasteiger partial charge in [0.05, 0.1) is 18.1 Å². The van der Waals surface area contributed by atoms with Crippen LogP contribution >= 0.6 is 11.8 Å². The third kappa shape index (κ3) is 2.99. The Morgan fingerprint density at radius 2 is 2.27 bits per heavy atom. The van der Waals surface area contributed by atoms with Gasteiger partial charge in [-0.1, -0.05) is 5.16 Å². The Hall–Kier alpha value is -0.970. The van der Waals surface area contributed by atoms with Crippen LogP contribution in [0.3, 0.4) is 0 Å². The molecule has 0 aliphatic rings. The van der Waals surface area contributed by atoms with Crippen LogP contribution in [0.25, 0.3) is 0 Å². The molecule has 1 unspecified atom stereocenters. The first-order chi connectivity index (χ1) is 7.06. The van der Waals surface area contributed by atoms with E-state index in [1.54, 1.807) is 0 Å². The molecule has 0 N–H and O–H groups in total. The number of nitrogens with zero attached hydrogens (tertiary/aromatic N) is 1. The lowest BCUT2D eigenvalue weighted by molar-refractivity contribution is -0.139. The van der Waals surface area contributed by atoms with Crippen molar-refractivity contribution in [1.82, 2.24) is 5.16 Å². The van der Waals surface area contributed by atoms with Crippen LogP contribution in [-0.2, 0) is 15.3 Å². The van der Waals surface area contributed by atoms with Crippen LogP contribution in [0.2, 0.25) is 0 Å². The lowest BCUT2D eigenvalue weighted by atomic mass is 10.2. The van der Waals surface area contributed by atoms with Gasteiger partial charge in [-0.25, -0.2) is 0 Å². The van der Waals surface area contributed by atoms with E-state index in [0.29, 0.717) is 0 Å². The molecule has 1 aromatic rings. The van der Waals surface area contributed by atoms with E-state index in [1.165, 1.54) is 18.9 Å². The second-order valence-electron chi connectivity index (χ2n) is 3.28. The molecule has 1 rings (SSSR count). The molecule has 0 aliphatic heterocycles. The first-order valence-electron chi connectivity index (χ1n) is 4.67. The summed E-state index contributed by atoms with van der Waals surface area (Å²) in [5.74, 6) is 1.33. The van der Waals surface area contributed by atoms with Gasteiger partial charge in [0, 0.05) is 11.3 Å². The average molecular weight is 229 g/mol. The van der Waals surface area contributed by atoms with Crippen molar-refractivity contribution < 1.29 is 14.1 Å². The molecule has 0 radical (unpaired) electrons. The Labute approximate surface area is 93.3 Å². The van der Waals surface area contributed by atoms with Gasteiger partial charge in [0.1, 0.15) is 5.76 Å². The van der Waals surface area contributed by atoms with Crippen molar-refractivity contribution in [3.05, 3.63) is 17.0 Å².